The summed E-state index contributed by atoms with van der Waals surface area (Å²) in [6.45, 7) is 1.44. The summed E-state index contributed by atoms with van der Waals surface area (Å²) in [6, 6.07) is 7.17. The quantitative estimate of drug-likeness (QED) is 0.789. The molecule has 0 saturated heterocycles. The summed E-state index contributed by atoms with van der Waals surface area (Å²) >= 11 is 5.84. The van der Waals surface area contributed by atoms with E-state index in [1.165, 1.54) is 12.0 Å². The first-order valence-electron chi connectivity index (χ1n) is 4.33. The Balaban J connectivity index is 2.13. The van der Waals surface area contributed by atoms with E-state index in [0.717, 1.165) is 5.69 Å². The average molecular weight is 225 g/mol. The van der Waals surface area contributed by atoms with Gasteiger partial charge in [0.15, 0.2) is 5.78 Å². The van der Waals surface area contributed by atoms with E-state index in [9.17, 15) is 4.79 Å². The average Bonchev–Trinajstić information content (AvgIpc) is 2.66. The van der Waals surface area contributed by atoms with Gasteiger partial charge in [0.1, 0.15) is 0 Å². The zero-order valence-electron chi connectivity index (χ0n) is 7.99. The zero-order chi connectivity index (χ0) is 10.8. The van der Waals surface area contributed by atoms with E-state index in [1.807, 2.05) is 12.1 Å². The minimum Gasteiger partial charge on any atom is -0.291 e. The maximum absolute atomic E-state index is 11.0. The minimum absolute atomic E-state index is 0.132. The van der Waals surface area contributed by atoms with E-state index >= 15 is 0 Å². The Labute approximate surface area is 91.7 Å². The number of halogens is 1. The van der Waals surface area contributed by atoms with Gasteiger partial charge in [-0.3, -0.25) is 10.2 Å². The van der Waals surface area contributed by atoms with Crippen LogP contribution in [0.5, 0.6) is 0 Å². The van der Waals surface area contributed by atoms with Crippen LogP contribution in [-0.4, -0.2) is 11.6 Å². The maximum Gasteiger partial charge on any atom is 0.211 e. The number of hydrazine groups is 2. The number of nitrogens with zero attached hydrogens (tertiary/aromatic N) is 2. The summed E-state index contributed by atoms with van der Waals surface area (Å²) in [6.07, 6.45) is 0. The Kier molecular flexibility index (Phi) is 2.47. The third-order valence-electron chi connectivity index (χ3n) is 1.88. The highest BCUT2D eigenvalue weighted by Gasteiger charge is 2.17. The molecule has 0 unspecified atom stereocenters. The van der Waals surface area contributed by atoms with Crippen LogP contribution in [0.25, 0.3) is 0 Å². The van der Waals surface area contributed by atoms with E-state index in [-0.39, 0.29) is 11.6 Å². The molecule has 0 spiro atoms. The largest absolute Gasteiger partial charge is 0.291 e. The predicted molar refractivity (Wildman–Crippen MR) is 58.3 cm³/mol. The Morgan fingerprint density at radius 1 is 1.53 bits per heavy atom. The number of rotatable bonds is 2. The fraction of sp³-hybridized carbons (Fsp3) is 0.111. The van der Waals surface area contributed by atoms with E-state index in [4.69, 9.17) is 11.6 Å². The molecule has 0 radical (unpaired) electrons. The van der Waals surface area contributed by atoms with Crippen LogP contribution in [0.2, 0.25) is 5.02 Å². The lowest BCUT2D eigenvalue weighted by atomic mass is 10.3. The second-order valence-electron chi connectivity index (χ2n) is 3.04. The molecule has 1 aliphatic rings. The number of hydrogen-bond acceptors (Lipinski definition) is 5. The number of amidine groups is 1. The van der Waals surface area contributed by atoms with Gasteiger partial charge in [0.2, 0.25) is 5.84 Å². The number of nitrogens with one attached hydrogen (secondary N) is 2. The summed E-state index contributed by atoms with van der Waals surface area (Å²) in [5.41, 5.74) is 6.24. The highest BCUT2D eigenvalue weighted by atomic mass is 35.5. The fourth-order valence-corrected chi connectivity index (χ4v) is 1.34. The molecular weight excluding hydrogens is 216 g/mol. The van der Waals surface area contributed by atoms with Gasteiger partial charge in [-0.1, -0.05) is 17.7 Å². The molecule has 0 amide bonds. The zero-order valence-corrected chi connectivity index (χ0v) is 8.75. The standard InChI is InChI=1S/C9H9ClN4O/c1-6(15)9-11-13-14(12-9)8-4-2-3-7(10)5-8/h2-5,13H,1H3,(H,11,12). The molecule has 1 aliphatic heterocycles. The van der Waals surface area contributed by atoms with Crippen LogP contribution in [-0.2, 0) is 4.79 Å². The Morgan fingerprint density at radius 3 is 2.93 bits per heavy atom. The molecule has 5 nitrogen and oxygen atoms in total. The molecule has 0 atom stereocenters. The van der Waals surface area contributed by atoms with Crippen molar-refractivity contribution < 1.29 is 4.79 Å². The molecular formula is C9H9ClN4O. The van der Waals surface area contributed by atoms with E-state index in [1.54, 1.807) is 12.1 Å². The molecule has 1 aromatic carbocycles. The van der Waals surface area contributed by atoms with Gasteiger partial charge < -0.3 is 0 Å². The molecule has 1 heterocycles. The molecule has 78 valence electrons. The van der Waals surface area contributed by atoms with Gasteiger partial charge in [0.05, 0.1) is 5.69 Å². The van der Waals surface area contributed by atoms with Crippen LogP contribution in [0.1, 0.15) is 6.92 Å². The number of benzene rings is 1. The first-order chi connectivity index (χ1) is 7.16. The van der Waals surface area contributed by atoms with Crippen molar-refractivity contribution in [1.29, 1.82) is 0 Å². The molecule has 0 aliphatic carbocycles. The Morgan fingerprint density at radius 2 is 2.33 bits per heavy atom. The van der Waals surface area contributed by atoms with Crippen molar-refractivity contribution >= 4 is 28.9 Å². The molecule has 2 rings (SSSR count). The SMILES string of the molecule is CC(=O)C1=NNN(c2cccc(Cl)c2)N1. The predicted octanol–water partition coefficient (Wildman–Crippen LogP) is 1.07. The monoisotopic (exact) mass is 224 g/mol. The van der Waals surface area contributed by atoms with Crippen LogP contribution in [0, 0.1) is 0 Å². The van der Waals surface area contributed by atoms with Gasteiger partial charge in [-0.05, 0) is 18.2 Å². The first kappa shape index (κ1) is 9.79. The lowest BCUT2D eigenvalue weighted by Gasteiger charge is -2.17. The number of hydrazone groups is 1. The van der Waals surface area contributed by atoms with Gasteiger partial charge in [-0.25, -0.2) is 0 Å². The molecule has 0 fully saturated rings. The summed E-state index contributed by atoms with van der Waals surface area (Å²) < 4.78 is 0. The molecule has 6 heteroatoms. The Bertz CT molecular complexity index is 432. The summed E-state index contributed by atoms with van der Waals surface area (Å²) in [7, 11) is 0. The number of hydrogen-bond donors (Lipinski definition) is 2. The van der Waals surface area contributed by atoms with Crippen LogP contribution >= 0.6 is 11.6 Å². The topological polar surface area (TPSA) is 56.7 Å². The third-order valence-corrected chi connectivity index (χ3v) is 2.11. The summed E-state index contributed by atoms with van der Waals surface area (Å²) in [5, 5.41) is 5.95. The van der Waals surface area contributed by atoms with Gasteiger partial charge in [-0.2, -0.15) is 10.7 Å². The molecule has 0 saturated carbocycles. The lowest BCUT2D eigenvalue weighted by Crippen LogP contribution is -2.43. The van der Waals surface area contributed by atoms with Crippen LogP contribution in [0.4, 0.5) is 5.69 Å². The number of Topliss-reactive ketones (excluding diaryl/α,β-unsaturated/α-hetero) is 1. The molecule has 15 heavy (non-hydrogen) atoms. The number of carbonyl (C=O) groups is 1. The van der Waals surface area contributed by atoms with Crippen molar-refractivity contribution in [3.05, 3.63) is 29.3 Å². The van der Waals surface area contributed by atoms with E-state index in [0.29, 0.717) is 5.02 Å². The van der Waals surface area contributed by atoms with Crippen LogP contribution < -0.4 is 16.1 Å². The minimum atomic E-state index is -0.132. The molecule has 0 aromatic heterocycles. The van der Waals surface area contributed by atoms with Gasteiger partial charge in [0, 0.05) is 11.9 Å². The molecule has 0 bridgehead atoms. The number of anilines is 1. The fourth-order valence-electron chi connectivity index (χ4n) is 1.15. The normalized spacial score (nSPS) is 14.3. The van der Waals surface area contributed by atoms with Gasteiger partial charge in [-0.15, -0.1) is 5.10 Å². The summed E-state index contributed by atoms with van der Waals surface area (Å²) in [4.78, 5) is 11.0. The van der Waals surface area contributed by atoms with E-state index < -0.39 is 0 Å². The molecule has 1 aromatic rings. The van der Waals surface area contributed by atoms with E-state index in [2.05, 4.69) is 16.1 Å². The highest BCUT2D eigenvalue weighted by molar-refractivity contribution is 6.38. The number of ketones is 1. The highest BCUT2D eigenvalue weighted by Crippen LogP contribution is 2.17. The van der Waals surface area contributed by atoms with Crippen molar-refractivity contribution in [2.75, 3.05) is 5.12 Å². The van der Waals surface area contributed by atoms with Crippen LogP contribution in [0.3, 0.4) is 0 Å². The third kappa shape index (κ3) is 2.02. The van der Waals surface area contributed by atoms with Crippen molar-refractivity contribution in [1.82, 2.24) is 11.0 Å². The van der Waals surface area contributed by atoms with Crippen molar-refractivity contribution in [3.8, 4) is 0 Å². The van der Waals surface area contributed by atoms with Gasteiger partial charge >= 0.3 is 0 Å². The number of carbonyl (C=O) groups excluding carboxylic acids is 1. The lowest BCUT2D eigenvalue weighted by molar-refractivity contribution is -0.111. The first-order valence-corrected chi connectivity index (χ1v) is 4.71. The second kappa shape index (κ2) is 3.78. The maximum atomic E-state index is 11.0. The Hall–Kier alpha value is -1.75. The van der Waals surface area contributed by atoms with Crippen molar-refractivity contribution in [2.45, 2.75) is 6.92 Å². The molecule has 2 N–H and O–H groups in total. The van der Waals surface area contributed by atoms with Gasteiger partial charge in [0.25, 0.3) is 0 Å². The second-order valence-corrected chi connectivity index (χ2v) is 3.48. The van der Waals surface area contributed by atoms with Crippen LogP contribution in [0.15, 0.2) is 29.4 Å². The summed E-state index contributed by atoms with van der Waals surface area (Å²) in [5.74, 6) is 0.141. The smallest absolute Gasteiger partial charge is 0.211 e. The van der Waals surface area contributed by atoms with Crippen molar-refractivity contribution in [2.24, 2.45) is 5.10 Å². The van der Waals surface area contributed by atoms with Crippen molar-refractivity contribution in [3.63, 3.8) is 0 Å².